The van der Waals surface area contributed by atoms with Gasteiger partial charge in [0, 0.05) is 4.91 Å². The summed E-state index contributed by atoms with van der Waals surface area (Å²) in [6, 6.07) is 8.52. The number of hydrogen-bond donors (Lipinski definition) is 2. The van der Waals surface area contributed by atoms with E-state index < -0.39 is 39.0 Å². The van der Waals surface area contributed by atoms with Crippen molar-refractivity contribution in [1.82, 2.24) is 0 Å². The largest absolute Gasteiger partial charge is 0.394 e. The minimum Gasteiger partial charge on any atom is -0.394 e. The molecule has 0 bridgehead atoms. The quantitative estimate of drug-likeness (QED) is 0.310. The standard InChI is InChI=1S/C19H31N3O5Si/c1-19(2,3)28(4,5)27-18-15(21-22-20)16(24)17(14(11-23)26-18)25-12-13-9-7-6-8-10-13/h6-10,14-18,23-24H,11-12H2,1-5H3/t14?,15?,16-,17+,18+/m1/s1. The summed E-state index contributed by atoms with van der Waals surface area (Å²) in [6.45, 7) is 10.2. The number of ether oxygens (including phenoxy) is 2. The summed E-state index contributed by atoms with van der Waals surface area (Å²) in [5.41, 5.74) is 9.91. The number of rotatable bonds is 7. The van der Waals surface area contributed by atoms with Crippen LogP contribution in [0.5, 0.6) is 0 Å². The number of nitrogens with zero attached hydrogens (tertiary/aromatic N) is 3. The molecule has 1 saturated heterocycles. The second kappa shape index (κ2) is 9.36. The van der Waals surface area contributed by atoms with Crippen LogP contribution < -0.4 is 0 Å². The Bertz CT molecular complexity index is 676. The van der Waals surface area contributed by atoms with Gasteiger partial charge in [0.1, 0.15) is 18.2 Å². The second-order valence-corrected chi connectivity index (χ2v) is 13.3. The van der Waals surface area contributed by atoms with Gasteiger partial charge >= 0.3 is 0 Å². The zero-order valence-electron chi connectivity index (χ0n) is 17.1. The molecule has 1 aliphatic heterocycles. The third-order valence-electron chi connectivity index (χ3n) is 5.51. The van der Waals surface area contributed by atoms with E-state index in [1.54, 1.807) is 0 Å². The summed E-state index contributed by atoms with van der Waals surface area (Å²) in [7, 11) is -2.27. The van der Waals surface area contributed by atoms with E-state index >= 15 is 0 Å². The van der Waals surface area contributed by atoms with Crippen LogP contribution in [-0.4, -0.2) is 55.8 Å². The summed E-state index contributed by atoms with van der Waals surface area (Å²) in [5.74, 6) is 0. The maximum Gasteiger partial charge on any atom is 0.195 e. The molecular formula is C19H31N3O5Si. The minimum atomic E-state index is -2.27. The van der Waals surface area contributed by atoms with Crippen LogP contribution in [0.1, 0.15) is 26.3 Å². The van der Waals surface area contributed by atoms with Crippen molar-refractivity contribution >= 4 is 8.32 Å². The average molecular weight is 410 g/mol. The Morgan fingerprint density at radius 3 is 2.43 bits per heavy atom. The molecule has 1 heterocycles. The van der Waals surface area contributed by atoms with Gasteiger partial charge in [0.15, 0.2) is 14.6 Å². The number of aliphatic hydroxyl groups is 2. The van der Waals surface area contributed by atoms with E-state index in [2.05, 4.69) is 30.8 Å². The Hall–Kier alpha value is -1.45. The molecule has 1 fully saturated rings. The van der Waals surface area contributed by atoms with Gasteiger partial charge in [-0.15, -0.1) is 0 Å². The van der Waals surface area contributed by atoms with Crippen LogP contribution >= 0.6 is 0 Å². The predicted molar refractivity (Wildman–Crippen MR) is 108 cm³/mol. The van der Waals surface area contributed by atoms with Gasteiger partial charge < -0.3 is 24.1 Å². The molecule has 1 aromatic rings. The van der Waals surface area contributed by atoms with Gasteiger partial charge in [0.05, 0.1) is 19.3 Å². The van der Waals surface area contributed by atoms with Crippen LogP contribution in [0.25, 0.3) is 10.4 Å². The Morgan fingerprint density at radius 2 is 1.89 bits per heavy atom. The molecule has 9 heteroatoms. The first-order chi connectivity index (χ1) is 13.1. The topological polar surface area (TPSA) is 117 Å². The zero-order chi connectivity index (χ0) is 20.9. The minimum absolute atomic E-state index is 0.0996. The molecule has 0 spiro atoms. The van der Waals surface area contributed by atoms with Crippen LogP contribution in [-0.2, 0) is 20.5 Å². The second-order valence-electron chi connectivity index (χ2n) is 8.55. The van der Waals surface area contributed by atoms with E-state index in [0.29, 0.717) is 0 Å². The molecule has 2 N–H and O–H groups in total. The first-order valence-electron chi connectivity index (χ1n) is 9.42. The molecule has 0 saturated carbocycles. The highest BCUT2D eigenvalue weighted by molar-refractivity contribution is 6.74. The molecule has 2 unspecified atom stereocenters. The Kier molecular flexibility index (Phi) is 7.63. The highest BCUT2D eigenvalue weighted by atomic mass is 28.4. The fraction of sp³-hybridized carbons (Fsp3) is 0.684. The lowest BCUT2D eigenvalue weighted by Gasteiger charge is -2.46. The lowest BCUT2D eigenvalue weighted by Crippen LogP contribution is -2.61. The van der Waals surface area contributed by atoms with Crippen LogP contribution in [0, 0.1) is 0 Å². The van der Waals surface area contributed by atoms with Crippen molar-refractivity contribution in [2.75, 3.05) is 6.61 Å². The van der Waals surface area contributed by atoms with E-state index in [9.17, 15) is 10.2 Å². The summed E-state index contributed by atoms with van der Waals surface area (Å²) >= 11 is 0. The van der Waals surface area contributed by atoms with Crippen LogP contribution in [0.2, 0.25) is 18.1 Å². The van der Waals surface area contributed by atoms with Gasteiger partial charge in [-0.1, -0.05) is 56.2 Å². The van der Waals surface area contributed by atoms with Crippen molar-refractivity contribution in [1.29, 1.82) is 0 Å². The van der Waals surface area contributed by atoms with Crippen molar-refractivity contribution in [2.24, 2.45) is 5.11 Å². The van der Waals surface area contributed by atoms with E-state index in [1.165, 1.54) is 0 Å². The smallest absolute Gasteiger partial charge is 0.195 e. The highest BCUT2D eigenvalue weighted by Gasteiger charge is 2.49. The highest BCUT2D eigenvalue weighted by Crippen LogP contribution is 2.39. The summed E-state index contributed by atoms with van der Waals surface area (Å²) in [6.07, 6.45) is -3.75. The molecule has 1 aliphatic rings. The number of hydrogen-bond acceptors (Lipinski definition) is 6. The molecule has 0 radical (unpaired) electrons. The SMILES string of the molecule is CC(C)(C)[Si](C)(C)O[C@@H]1OC(CO)[C@H](OCc2ccccc2)[C@H](O)C1N=[N+]=[N-]. The Morgan fingerprint density at radius 1 is 1.25 bits per heavy atom. The molecule has 1 aromatic carbocycles. The van der Waals surface area contributed by atoms with Crippen molar-refractivity contribution < 1.29 is 24.1 Å². The van der Waals surface area contributed by atoms with Crippen molar-refractivity contribution in [3.05, 3.63) is 46.3 Å². The number of aliphatic hydroxyl groups excluding tert-OH is 2. The van der Waals surface area contributed by atoms with E-state index in [0.717, 1.165) is 5.56 Å². The first-order valence-corrected chi connectivity index (χ1v) is 12.3. The third-order valence-corrected chi connectivity index (χ3v) is 9.94. The van der Waals surface area contributed by atoms with E-state index in [1.807, 2.05) is 43.4 Å². The van der Waals surface area contributed by atoms with Crippen molar-refractivity contribution in [2.45, 2.75) is 76.2 Å². The molecule has 5 atom stereocenters. The zero-order valence-corrected chi connectivity index (χ0v) is 18.1. The maximum atomic E-state index is 10.9. The number of benzene rings is 1. The van der Waals surface area contributed by atoms with Gasteiger partial charge in [-0.2, -0.15) is 0 Å². The molecule has 2 rings (SSSR count). The van der Waals surface area contributed by atoms with Crippen LogP contribution in [0.15, 0.2) is 35.4 Å². The molecular weight excluding hydrogens is 378 g/mol. The van der Waals surface area contributed by atoms with Gasteiger partial charge in [-0.3, -0.25) is 0 Å². The van der Waals surface area contributed by atoms with Crippen LogP contribution in [0.4, 0.5) is 0 Å². The Labute approximate surface area is 167 Å². The van der Waals surface area contributed by atoms with Crippen molar-refractivity contribution in [3.8, 4) is 0 Å². The lowest BCUT2D eigenvalue weighted by molar-refractivity contribution is -0.255. The van der Waals surface area contributed by atoms with Gasteiger partial charge in [0.25, 0.3) is 0 Å². The van der Waals surface area contributed by atoms with Gasteiger partial charge in [-0.05, 0) is 29.2 Å². The molecule has 0 aliphatic carbocycles. The molecule has 0 aromatic heterocycles. The van der Waals surface area contributed by atoms with Crippen molar-refractivity contribution in [3.63, 3.8) is 0 Å². The fourth-order valence-electron chi connectivity index (χ4n) is 2.77. The van der Waals surface area contributed by atoms with Gasteiger partial charge in [0.2, 0.25) is 0 Å². The van der Waals surface area contributed by atoms with E-state index in [-0.39, 0.29) is 18.3 Å². The van der Waals surface area contributed by atoms with Crippen LogP contribution in [0.3, 0.4) is 0 Å². The normalized spacial score (nSPS) is 28.6. The maximum absolute atomic E-state index is 10.9. The van der Waals surface area contributed by atoms with Gasteiger partial charge in [-0.25, -0.2) is 0 Å². The monoisotopic (exact) mass is 409 g/mol. The summed E-state index contributed by atoms with van der Waals surface area (Å²) < 4.78 is 18.0. The summed E-state index contributed by atoms with van der Waals surface area (Å²) in [5, 5.41) is 24.3. The third kappa shape index (κ3) is 5.33. The average Bonchev–Trinajstić information content (AvgIpc) is 2.63. The predicted octanol–water partition coefficient (Wildman–Crippen LogP) is 3.35. The van der Waals surface area contributed by atoms with E-state index in [4.69, 9.17) is 19.4 Å². The first kappa shape index (κ1) is 22.8. The molecule has 0 amide bonds. The molecule has 28 heavy (non-hydrogen) atoms. The number of azide groups is 1. The fourth-order valence-corrected chi connectivity index (χ4v) is 3.90. The lowest BCUT2D eigenvalue weighted by atomic mass is 9.97. The molecule has 8 nitrogen and oxygen atoms in total. The Balaban J connectivity index is 2.20. The molecule has 156 valence electrons. The summed E-state index contributed by atoms with van der Waals surface area (Å²) in [4.78, 5) is 2.86.